The van der Waals surface area contributed by atoms with Crippen LogP contribution in [0.15, 0.2) is 54.7 Å². The molecule has 0 aliphatic carbocycles. The number of ketones is 1. The minimum atomic E-state index is -0.908. The van der Waals surface area contributed by atoms with Crippen LogP contribution >= 0.6 is 0 Å². The van der Waals surface area contributed by atoms with Gasteiger partial charge < -0.3 is 10.1 Å². The molecule has 0 spiro atoms. The molecule has 3 rings (SSSR count). The highest BCUT2D eigenvalue weighted by Gasteiger charge is 2.20. The first-order valence-electron chi connectivity index (χ1n) is 9.00. The van der Waals surface area contributed by atoms with Crippen LogP contribution in [0.3, 0.4) is 0 Å². The number of H-pyrrole nitrogens is 1. The second-order valence-corrected chi connectivity index (χ2v) is 6.40. The summed E-state index contributed by atoms with van der Waals surface area (Å²) >= 11 is 0. The molecule has 0 fully saturated rings. The SMILES string of the molecule is Cc1ccc(C(=O)C(C)OC(=O)c2ccc(NC=C(C#N)c3nn[nH]n3)cc2)cc1. The number of ether oxygens (including phenoxy) is 1. The number of nitrogens with zero attached hydrogens (tertiary/aromatic N) is 4. The third-order valence-corrected chi connectivity index (χ3v) is 4.20. The summed E-state index contributed by atoms with van der Waals surface area (Å²) in [7, 11) is 0. The van der Waals surface area contributed by atoms with Gasteiger partial charge in [-0.25, -0.2) is 4.79 Å². The van der Waals surface area contributed by atoms with Gasteiger partial charge in [0.15, 0.2) is 6.10 Å². The topological polar surface area (TPSA) is 134 Å². The van der Waals surface area contributed by atoms with E-state index in [1.807, 2.05) is 25.1 Å². The van der Waals surface area contributed by atoms with Gasteiger partial charge in [0.1, 0.15) is 11.6 Å². The Hall–Kier alpha value is -4.32. The maximum Gasteiger partial charge on any atom is 0.338 e. The summed E-state index contributed by atoms with van der Waals surface area (Å²) in [4.78, 5) is 24.8. The maximum absolute atomic E-state index is 12.4. The Bertz CT molecular complexity index is 1100. The molecule has 3 aromatic rings. The minimum absolute atomic E-state index is 0.164. The third-order valence-electron chi connectivity index (χ3n) is 4.20. The molecule has 0 amide bonds. The van der Waals surface area contributed by atoms with E-state index in [0.29, 0.717) is 16.8 Å². The number of nitriles is 1. The zero-order chi connectivity index (χ0) is 21.5. The number of carbonyl (C=O) groups is 2. The lowest BCUT2D eigenvalue weighted by atomic mass is 10.1. The molecule has 0 saturated heterocycles. The molecular formula is C21H18N6O3. The van der Waals surface area contributed by atoms with Gasteiger partial charge in [-0.05, 0) is 43.3 Å². The van der Waals surface area contributed by atoms with Crippen molar-refractivity contribution >= 4 is 23.0 Å². The lowest BCUT2D eigenvalue weighted by Crippen LogP contribution is -2.24. The average molecular weight is 402 g/mol. The van der Waals surface area contributed by atoms with Crippen LogP contribution in [0.1, 0.15) is 39.0 Å². The van der Waals surface area contributed by atoms with E-state index in [2.05, 4.69) is 25.9 Å². The largest absolute Gasteiger partial charge is 0.451 e. The van der Waals surface area contributed by atoms with Crippen molar-refractivity contribution < 1.29 is 14.3 Å². The molecule has 2 aromatic carbocycles. The second kappa shape index (κ2) is 9.25. The Balaban J connectivity index is 1.61. The van der Waals surface area contributed by atoms with Crippen LogP contribution in [-0.4, -0.2) is 38.5 Å². The first kappa shape index (κ1) is 20.4. The summed E-state index contributed by atoms with van der Waals surface area (Å²) < 4.78 is 5.30. The van der Waals surface area contributed by atoms with Crippen molar-refractivity contribution in [2.45, 2.75) is 20.0 Å². The van der Waals surface area contributed by atoms with Gasteiger partial charge in [-0.15, -0.1) is 10.2 Å². The molecule has 0 saturated carbocycles. The van der Waals surface area contributed by atoms with Crippen molar-refractivity contribution in [1.29, 1.82) is 5.26 Å². The first-order chi connectivity index (χ1) is 14.5. The number of allylic oxidation sites excluding steroid dienone is 1. The van der Waals surface area contributed by atoms with Crippen LogP contribution < -0.4 is 5.32 Å². The van der Waals surface area contributed by atoms with Gasteiger partial charge in [0, 0.05) is 17.5 Å². The predicted molar refractivity (Wildman–Crippen MR) is 108 cm³/mol. The average Bonchev–Trinajstić information content (AvgIpc) is 3.29. The van der Waals surface area contributed by atoms with Crippen molar-refractivity contribution in [2.24, 2.45) is 0 Å². The quantitative estimate of drug-likeness (QED) is 0.350. The minimum Gasteiger partial charge on any atom is -0.451 e. The normalized spacial score (nSPS) is 12.0. The fraction of sp³-hybridized carbons (Fsp3) is 0.143. The number of hydrogen-bond donors (Lipinski definition) is 2. The molecule has 1 aromatic heterocycles. The molecule has 0 bridgehead atoms. The molecule has 1 heterocycles. The van der Waals surface area contributed by atoms with Gasteiger partial charge in [0.05, 0.1) is 5.56 Å². The number of benzene rings is 2. The number of aryl methyl sites for hydroxylation is 1. The zero-order valence-corrected chi connectivity index (χ0v) is 16.3. The van der Waals surface area contributed by atoms with Gasteiger partial charge in [0.2, 0.25) is 11.6 Å². The van der Waals surface area contributed by atoms with E-state index in [9.17, 15) is 9.59 Å². The number of aromatic amines is 1. The van der Waals surface area contributed by atoms with Crippen LogP contribution in [0.4, 0.5) is 5.69 Å². The van der Waals surface area contributed by atoms with Crippen molar-refractivity contribution in [1.82, 2.24) is 20.6 Å². The van der Waals surface area contributed by atoms with Crippen LogP contribution in [0.2, 0.25) is 0 Å². The van der Waals surface area contributed by atoms with Gasteiger partial charge in [-0.3, -0.25) is 4.79 Å². The Morgan fingerprint density at radius 2 is 1.80 bits per heavy atom. The van der Waals surface area contributed by atoms with Crippen LogP contribution in [0, 0.1) is 18.3 Å². The van der Waals surface area contributed by atoms with Crippen LogP contribution in [0.25, 0.3) is 5.57 Å². The molecule has 1 unspecified atom stereocenters. The number of Topliss-reactive ketones (excluding diaryl/α,β-unsaturated/α-hetero) is 1. The van der Waals surface area contributed by atoms with Crippen molar-refractivity contribution in [2.75, 3.05) is 5.32 Å². The number of aromatic nitrogens is 4. The molecule has 9 nitrogen and oxygen atoms in total. The van der Waals surface area contributed by atoms with E-state index in [0.717, 1.165) is 5.56 Å². The molecule has 0 aliphatic heterocycles. The summed E-state index contributed by atoms with van der Waals surface area (Å²) in [5.74, 6) is -0.704. The lowest BCUT2D eigenvalue weighted by Gasteiger charge is -2.13. The number of rotatable bonds is 7. The summed E-state index contributed by atoms with van der Waals surface area (Å²) in [6.45, 7) is 3.47. The molecule has 1 atom stereocenters. The maximum atomic E-state index is 12.4. The molecule has 30 heavy (non-hydrogen) atoms. The summed E-state index contributed by atoms with van der Waals surface area (Å²) in [5, 5.41) is 25.2. The van der Waals surface area contributed by atoms with E-state index in [4.69, 9.17) is 10.00 Å². The fourth-order valence-corrected chi connectivity index (χ4v) is 2.52. The molecule has 150 valence electrons. The Labute approximate surface area is 172 Å². The smallest absolute Gasteiger partial charge is 0.338 e. The van der Waals surface area contributed by atoms with E-state index in [1.54, 1.807) is 43.3 Å². The first-order valence-corrected chi connectivity index (χ1v) is 9.00. The van der Waals surface area contributed by atoms with E-state index < -0.39 is 12.1 Å². The zero-order valence-electron chi connectivity index (χ0n) is 16.3. The number of nitrogens with one attached hydrogen (secondary N) is 2. The molecule has 0 aliphatic rings. The van der Waals surface area contributed by atoms with E-state index >= 15 is 0 Å². The number of tetrazole rings is 1. The Morgan fingerprint density at radius 1 is 1.13 bits per heavy atom. The number of anilines is 1. The Kier molecular flexibility index (Phi) is 6.29. The molecule has 9 heteroatoms. The van der Waals surface area contributed by atoms with E-state index in [-0.39, 0.29) is 17.2 Å². The highest BCUT2D eigenvalue weighted by molar-refractivity contribution is 6.01. The number of hydrogen-bond acceptors (Lipinski definition) is 8. The van der Waals surface area contributed by atoms with Crippen molar-refractivity contribution in [3.05, 3.63) is 77.2 Å². The standard InChI is InChI=1S/C21H18N6O3/c1-13-3-5-15(6-4-13)19(28)14(2)30-21(29)16-7-9-18(10-8-16)23-12-17(11-22)20-24-26-27-25-20/h3-10,12,14,23H,1-2H3,(H,24,25,26,27). The number of carbonyl (C=O) groups excluding carboxylic acids is 2. The number of esters is 1. The van der Waals surface area contributed by atoms with Crippen LogP contribution in [0.5, 0.6) is 0 Å². The van der Waals surface area contributed by atoms with Crippen molar-refractivity contribution in [3.63, 3.8) is 0 Å². The predicted octanol–water partition coefficient (Wildman–Crippen LogP) is 2.91. The molecular weight excluding hydrogens is 384 g/mol. The lowest BCUT2D eigenvalue weighted by molar-refractivity contribution is 0.0319. The van der Waals surface area contributed by atoms with Gasteiger partial charge >= 0.3 is 5.97 Å². The van der Waals surface area contributed by atoms with E-state index in [1.165, 1.54) is 6.20 Å². The third kappa shape index (κ3) is 4.94. The summed E-state index contributed by atoms with van der Waals surface area (Å²) in [5.41, 5.74) is 2.65. The highest BCUT2D eigenvalue weighted by Crippen LogP contribution is 2.15. The monoisotopic (exact) mass is 402 g/mol. The van der Waals surface area contributed by atoms with Gasteiger partial charge in [-0.1, -0.05) is 29.8 Å². The highest BCUT2D eigenvalue weighted by atomic mass is 16.5. The van der Waals surface area contributed by atoms with Crippen LogP contribution in [-0.2, 0) is 4.74 Å². The van der Waals surface area contributed by atoms with Crippen molar-refractivity contribution in [3.8, 4) is 6.07 Å². The summed E-state index contributed by atoms with van der Waals surface area (Å²) in [6, 6.07) is 15.4. The van der Waals surface area contributed by atoms with Gasteiger partial charge in [-0.2, -0.15) is 10.5 Å². The molecule has 0 radical (unpaired) electrons. The van der Waals surface area contributed by atoms with Gasteiger partial charge in [0.25, 0.3) is 0 Å². The fourth-order valence-electron chi connectivity index (χ4n) is 2.52. The molecule has 2 N–H and O–H groups in total. The second-order valence-electron chi connectivity index (χ2n) is 6.40. The summed E-state index contributed by atoms with van der Waals surface area (Å²) in [6.07, 6.45) is 0.523. The Morgan fingerprint density at radius 3 is 2.40 bits per heavy atom.